The molecule has 0 aliphatic carbocycles. The monoisotopic (exact) mass is 625 g/mol. The molecule has 0 N–H and O–H groups in total. The van der Waals surface area contributed by atoms with Crippen LogP contribution in [-0.4, -0.2) is 36.1 Å². The molecule has 3 nitrogen and oxygen atoms in total. The fourth-order valence-electron chi connectivity index (χ4n) is 5.26. The summed E-state index contributed by atoms with van der Waals surface area (Å²) in [5, 5.41) is 9.01. The van der Waals surface area contributed by atoms with Crippen LogP contribution in [-0.2, 0) is 0 Å². The van der Waals surface area contributed by atoms with Crippen molar-refractivity contribution in [3.63, 3.8) is 0 Å². The van der Waals surface area contributed by atoms with Gasteiger partial charge in [0, 0.05) is 0 Å². The van der Waals surface area contributed by atoms with Gasteiger partial charge in [0.2, 0.25) is 0 Å². The summed E-state index contributed by atoms with van der Waals surface area (Å²) in [6, 6.07) is 3.36. The summed E-state index contributed by atoms with van der Waals surface area (Å²) >= 11 is 6.66. The molecule has 0 amide bonds. The average Bonchev–Trinajstić information content (AvgIpc) is 2.95. The Kier molecular flexibility index (Phi) is 6.95. The third-order valence-electron chi connectivity index (χ3n) is 5.45. The number of hydrogen-bond donors (Lipinski definition) is 0. The summed E-state index contributed by atoms with van der Waals surface area (Å²) in [6.07, 6.45) is 2.00. The van der Waals surface area contributed by atoms with Crippen molar-refractivity contribution in [2.45, 2.75) is 65.7 Å². The molecular formula is C21H30ClFIN3Sn. The molecule has 0 aliphatic rings. The van der Waals surface area contributed by atoms with Gasteiger partial charge >= 0.3 is 199 Å². The molecule has 7 heteroatoms. The van der Waals surface area contributed by atoms with Gasteiger partial charge < -0.3 is 0 Å². The van der Waals surface area contributed by atoms with E-state index in [9.17, 15) is 4.39 Å². The van der Waals surface area contributed by atoms with E-state index in [0.29, 0.717) is 9.26 Å². The molecule has 0 atom stereocenters. The molecule has 0 fully saturated rings. The third kappa shape index (κ3) is 4.27. The van der Waals surface area contributed by atoms with Crippen molar-refractivity contribution in [1.29, 1.82) is 0 Å². The Labute approximate surface area is 197 Å². The molecule has 2 radical (unpaired) electrons. The van der Waals surface area contributed by atoms with Gasteiger partial charge in [0.1, 0.15) is 0 Å². The molecular weight excluding hydrogens is 594 g/mol. The molecule has 0 saturated carbocycles. The molecule has 1 aromatic heterocycles. The van der Waals surface area contributed by atoms with E-state index >= 15 is 0 Å². The zero-order valence-electron chi connectivity index (χ0n) is 18.2. The number of hydrogen-bond acceptors (Lipinski definition) is 2. The molecule has 1 aromatic carbocycles. The van der Waals surface area contributed by atoms with Crippen LogP contribution in [0.15, 0.2) is 18.3 Å². The van der Waals surface area contributed by atoms with Crippen LogP contribution in [0.3, 0.4) is 0 Å². The van der Waals surface area contributed by atoms with E-state index in [2.05, 4.69) is 72.6 Å². The summed E-state index contributed by atoms with van der Waals surface area (Å²) in [4.78, 5) is 0. The van der Waals surface area contributed by atoms with Crippen LogP contribution in [0.25, 0.3) is 5.69 Å². The van der Waals surface area contributed by atoms with Crippen molar-refractivity contribution in [2.75, 3.05) is 0 Å². The third-order valence-corrected chi connectivity index (χ3v) is 15.6. The zero-order valence-corrected chi connectivity index (χ0v) is 24.0. The van der Waals surface area contributed by atoms with Crippen molar-refractivity contribution in [2.24, 2.45) is 16.2 Å². The number of aromatic nitrogens is 3. The van der Waals surface area contributed by atoms with Gasteiger partial charge in [-0.1, -0.05) is 0 Å². The summed E-state index contributed by atoms with van der Waals surface area (Å²) in [7, 11) is 0. The molecule has 154 valence electrons. The van der Waals surface area contributed by atoms with Crippen molar-refractivity contribution in [3.8, 4) is 5.69 Å². The molecule has 2 rings (SSSR count). The van der Waals surface area contributed by atoms with Crippen LogP contribution < -0.4 is 3.71 Å². The Morgan fingerprint density at radius 3 is 1.93 bits per heavy atom. The van der Waals surface area contributed by atoms with Gasteiger partial charge in [0.05, 0.1) is 0 Å². The first-order chi connectivity index (χ1) is 12.5. The van der Waals surface area contributed by atoms with E-state index in [1.54, 1.807) is 16.8 Å². The first-order valence-corrected chi connectivity index (χ1v) is 13.7. The summed E-state index contributed by atoms with van der Waals surface area (Å²) in [5.41, 5.74) is 1.01. The van der Waals surface area contributed by atoms with Crippen molar-refractivity contribution < 1.29 is 4.39 Å². The van der Waals surface area contributed by atoms with Gasteiger partial charge in [0.15, 0.2) is 0 Å². The molecule has 0 aliphatic heterocycles. The molecule has 0 saturated heterocycles. The first kappa shape index (κ1) is 24.4. The van der Waals surface area contributed by atoms with Gasteiger partial charge in [-0.3, -0.25) is 0 Å². The van der Waals surface area contributed by atoms with Crippen molar-refractivity contribution in [1.82, 2.24) is 15.0 Å². The van der Waals surface area contributed by atoms with Gasteiger partial charge in [-0.15, -0.1) is 0 Å². The zero-order chi connectivity index (χ0) is 21.7. The molecule has 0 unspecified atom stereocenters. The van der Waals surface area contributed by atoms with Crippen LogP contribution in [0.5, 0.6) is 0 Å². The minimum atomic E-state index is -1.21. The second-order valence-corrected chi connectivity index (χ2v) is 16.2. The van der Waals surface area contributed by atoms with Crippen LogP contribution in [0.4, 0.5) is 4.39 Å². The normalized spacial score (nSPS) is 13.9. The van der Waals surface area contributed by atoms with E-state index < -0.39 is 27.0 Å². The fraction of sp³-hybridized carbons (Fsp3) is 0.619. The van der Waals surface area contributed by atoms with Gasteiger partial charge in [-0.25, -0.2) is 0 Å². The molecule has 0 spiro atoms. The molecule has 0 bridgehead atoms. The van der Waals surface area contributed by atoms with E-state index in [4.69, 9.17) is 11.6 Å². The van der Waals surface area contributed by atoms with Crippen LogP contribution in [0.1, 0.15) is 62.3 Å². The topological polar surface area (TPSA) is 30.7 Å². The summed E-state index contributed by atoms with van der Waals surface area (Å²) in [6.45, 7) is 21.2. The SMILES string of the molecule is CC(C)(C)[C]([Sn][c]1cn(-c2ccc(Cl)c(F)c2I)nn1)(C(C)(C)C)C(C)(C)C. The van der Waals surface area contributed by atoms with E-state index in [0.717, 1.165) is 3.71 Å². The van der Waals surface area contributed by atoms with Gasteiger partial charge in [-0.2, -0.15) is 0 Å². The fourth-order valence-corrected chi connectivity index (χ4v) is 11.4. The Morgan fingerprint density at radius 2 is 1.46 bits per heavy atom. The number of rotatable bonds is 3. The second-order valence-electron chi connectivity index (χ2n) is 10.4. The number of benzene rings is 1. The van der Waals surface area contributed by atoms with E-state index in [1.165, 1.54) is 0 Å². The van der Waals surface area contributed by atoms with Crippen molar-refractivity contribution >= 4 is 59.0 Å². The van der Waals surface area contributed by atoms with Crippen molar-refractivity contribution in [3.05, 3.63) is 32.7 Å². The maximum atomic E-state index is 14.2. The quantitative estimate of drug-likeness (QED) is 0.229. The summed E-state index contributed by atoms with van der Waals surface area (Å²) in [5.74, 6) is -0.412. The van der Waals surface area contributed by atoms with E-state index in [-0.39, 0.29) is 24.7 Å². The summed E-state index contributed by atoms with van der Waals surface area (Å²) < 4.78 is 17.6. The number of halogens is 3. The molecule has 2 aromatic rings. The predicted octanol–water partition coefficient (Wildman–Crippen LogP) is 6.29. The predicted molar refractivity (Wildman–Crippen MR) is 125 cm³/mol. The van der Waals surface area contributed by atoms with Gasteiger partial charge in [0.25, 0.3) is 0 Å². The standard InChI is InChI=1S/C13H27.C8H3ClFIN3.Sn/c1-11(2,3)10(12(4,5)6)13(7,8)9;9-5-1-2-6(8(11)7(5)10)14-4-3-12-13-14;/h1-9H3;1-2,4H;. The van der Waals surface area contributed by atoms with Crippen LogP contribution >= 0.6 is 34.2 Å². The number of nitrogens with zero attached hydrogens (tertiary/aromatic N) is 3. The Hall–Kier alpha value is 0.109. The minimum absolute atomic E-state index is 0.111. The van der Waals surface area contributed by atoms with Crippen LogP contribution in [0, 0.1) is 25.6 Å². The maximum absolute atomic E-state index is 14.2. The second kappa shape index (κ2) is 7.98. The molecule has 28 heavy (non-hydrogen) atoms. The Morgan fingerprint density at radius 1 is 0.964 bits per heavy atom. The van der Waals surface area contributed by atoms with E-state index in [1.807, 2.05) is 28.8 Å². The Bertz CT molecular complexity index is 824. The first-order valence-electron chi connectivity index (χ1n) is 9.37. The average molecular weight is 625 g/mol. The van der Waals surface area contributed by atoms with Crippen LogP contribution in [0.2, 0.25) is 8.45 Å². The molecule has 1 heterocycles. The van der Waals surface area contributed by atoms with Gasteiger partial charge in [-0.05, 0) is 0 Å². The Balaban J connectivity index is 2.56.